The highest BCUT2D eigenvalue weighted by Gasteiger charge is 2.40. The Labute approximate surface area is 123 Å². The largest absolute Gasteiger partial charge is 0.423 e. The lowest BCUT2D eigenvalue weighted by molar-refractivity contribution is -0.387. The molecule has 0 amide bonds. The maximum Gasteiger partial charge on any atom is 0.423 e. The van der Waals surface area contributed by atoms with Gasteiger partial charge in [0.1, 0.15) is 11.2 Å². The molecule has 0 atom stereocenters. The molecule has 0 spiro atoms. The van der Waals surface area contributed by atoms with Crippen LogP contribution in [0.3, 0.4) is 0 Å². The summed E-state index contributed by atoms with van der Waals surface area (Å²) >= 11 is 0. The molecule has 0 radical (unpaired) electrons. The van der Waals surface area contributed by atoms with Gasteiger partial charge in [-0.15, -0.1) is 0 Å². The van der Waals surface area contributed by atoms with Crippen LogP contribution >= 0.6 is 0 Å². The number of hydrogen-bond donors (Lipinski definition) is 1. The molecule has 22 heavy (non-hydrogen) atoms. The van der Waals surface area contributed by atoms with Crippen LogP contribution < -0.4 is 0 Å². The SMILES string of the molecule is CC1(C)OCCc2c1[nH]c1cc(C(F)(F)F)c([N+](=O)[O-])cc21. The molecule has 1 N–H and O–H groups in total. The minimum atomic E-state index is -4.78. The summed E-state index contributed by atoms with van der Waals surface area (Å²) in [6.45, 7) is 4.03. The first-order valence-corrected chi connectivity index (χ1v) is 6.66. The van der Waals surface area contributed by atoms with E-state index >= 15 is 0 Å². The Kier molecular flexibility index (Phi) is 3.00. The maximum atomic E-state index is 13.0. The number of H-pyrrole nitrogens is 1. The van der Waals surface area contributed by atoms with Crippen LogP contribution in [0.2, 0.25) is 0 Å². The summed E-state index contributed by atoms with van der Waals surface area (Å²) in [5.41, 5.74) is -1.15. The average Bonchev–Trinajstić information content (AvgIpc) is 2.75. The Bertz CT molecular complexity index is 778. The monoisotopic (exact) mass is 314 g/mol. The van der Waals surface area contributed by atoms with Gasteiger partial charge in [0, 0.05) is 17.0 Å². The van der Waals surface area contributed by atoms with Crippen LogP contribution in [0.4, 0.5) is 18.9 Å². The third-order valence-electron chi connectivity index (χ3n) is 3.94. The standard InChI is InChI=1S/C14H13F3N2O3/c1-13(2)12-7(3-4-22-13)8-5-11(19(20)21)9(14(15,16)17)6-10(8)18-12/h5-6,18H,3-4H2,1-2H3. The molecule has 1 aliphatic heterocycles. The lowest BCUT2D eigenvalue weighted by atomic mass is 9.94. The second-order valence-electron chi connectivity index (χ2n) is 5.76. The van der Waals surface area contributed by atoms with E-state index in [2.05, 4.69) is 4.98 Å². The lowest BCUT2D eigenvalue weighted by Crippen LogP contribution is -2.29. The maximum absolute atomic E-state index is 13.0. The summed E-state index contributed by atoms with van der Waals surface area (Å²) in [5, 5.41) is 11.5. The van der Waals surface area contributed by atoms with E-state index in [9.17, 15) is 23.3 Å². The van der Waals surface area contributed by atoms with E-state index in [1.54, 1.807) is 13.8 Å². The van der Waals surface area contributed by atoms with Gasteiger partial charge in [-0.2, -0.15) is 13.2 Å². The van der Waals surface area contributed by atoms with E-state index in [0.29, 0.717) is 24.1 Å². The van der Waals surface area contributed by atoms with Crippen LogP contribution in [0.15, 0.2) is 12.1 Å². The van der Waals surface area contributed by atoms with Crippen LogP contribution in [0.5, 0.6) is 0 Å². The number of nitro benzene ring substituents is 1. The molecule has 0 bridgehead atoms. The molecule has 3 rings (SSSR count). The number of nitro groups is 1. The predicted molar refractivity (Wildman–Crippen MR) is 72.6 cm³/mol. The zero-order valence-corrected chi connectivity index (χ0v) is 11.9. The number of hydrogen-bond acceptors (Lipinski definition) is 3. The first-order chi connectivity index (χ1) is 10.1. The van der Waals surface area contributed by atoms with E-state index in [4.69, 9.17) is 4.74 Å². The molecule has 0 fully saturated rings. The highest BCUT2D eigenvalue weighted by molar-refractivity contribution is 5.88. The lowest BCUT2D eigenvalue weighted by Gasteiger charge is -2.30. The highest BCUT2D eigenvalue weighted by Crippen LogP contribution is 2.42. The molecule has 2 aromatic rings. The molecule has 0 saturated heterocycles. The van der Waals surface area contributed by atoms with Gasteiger partial charge in [-0.25, -0.2) is 0 Å². The van der Waals surface area contributed by atoms with E-state index in [1.807, 2.05) is 0 Å². The number of rotatable bonds is 1. The van der Waals surface area contributed by atoms with E-state index < -0.39 is 28.0 Å². The number of aromatic amines is 1. The Balaban J connectivity index is 2.34. The van der Waals surface area contributed by atoms with Gasteiger partial charge in [0.2, 0.25) is 0 Å². The second-order valence-corrected chi connectivity index (χ2v) is 5.76. The van der Waals surface area contributed by atoms with E-state index in [1.165, 1.54) is 0 Å². The molecular formula is C14H13F3N2O3. The third-order valence-corrected chi connectivity index (χ3v) is 3.94. The number of fused-ring (bicyclic) bond motifs is 3. The number of nitrogens with zero attached hydrogens (tertiary/aromatic N) is 1. The van der Waals surface area contributed by atoms with Crippen molar-refractivity contribution in [3.05, 3.63) is 39.1 Å². The van der Waals surface area contributed by atoms with Crippen molar-refractivity contribution >= 4 is 16.6 Å². The van der Waals surface area contributed by atoms with E-state index in [-0.39, 0.29) is 5.52 Å². The minimum absolute atomic E-state index is 0.238. The Hall–Kier alpha value is -2.09. The number of halogens is 3. The molecule has 0 unspecified atom stereocenters. The van der Waals surface area contributed by atoms with Crippen molar-refractivity contribution < 1.29 is 22.8 Å². The molecule has 0 saturated carbocycles. The number of nitrogens with one attached hydrogen (secondary N) is 1. The van der Waals surface area contributed by atoms with Crippen molar-refractivity contribution in [3.8, 4) is 0 Å². The summed E-state index contributed by atoms with van der Waals surface area (Å²) in [5.74, 6) is 0. The van der Waals surface area contributed by atoms with Gasteiger partial charge in [0.15, 0.2) is 0 Å². The summed E-state index contributed by atoms with van der Waals surface area (Å²) in [4.78, 5) is 12.9. The second kappa shape index (κ2) is 4.45. The minimum Gasteiger partial charge on any atom is -0.369 e. The number of alkyl halides is 3. The van der Waals surface area contributed by atoms with Crippen LogP contribution in [-0.2, 0) is 22.9 Å². The summed E-state index contributed by atoms with van der Waals surface area (Å²) in [6.07, 6.45) is -4.28. The summed E-state index contributed by atoms with van der Waals surface area (Å²) < 4.78 is 44.7. The van der Waals surface area contributed by atoms with Crippen molar-refractivity contribution in [3.63, 3.8) is 0 Å². The number of aromatic nitrogens is 1. The fourth-order valence-corrected chi connectivity index (χ4v) is 2.92. The molecule has 8 heteroatoms. The first-order valence-electron chi connectivity index (χ1n) is 6.66. The van der Waals surface area contributed by atoms with Gasteiger partial charge in [0.05, 0.1) is 17.2 Å². The normalized spacial score (nSPS) is 17.5. The van der Waals surface area contributed by atoms with Gasteiger partial charge >= 0.3 is 6.18 Å². The molecule has 2 heterocycles. The Morgan fingerprint density at radius 3 is 2.64 bits per heavy atom. The van der Waals surface area contributed by atoms with Crippen LogP contribution in [0, 0.1) is 10.1 Å². The zero-order valence-electron chi connectivity index (χ0n) is 11.9. The van der Waals surface area contributed by atoms with E-state index in [0.717, 1.165) is 17.7 Å². The van der Waals surface area contributed by atoms with Gasteiger partial charge in [-0.05, 0) is 31.9 Å². The van der Waals surface area contributed by atoms with Crippen molar-refractivity contribution in [2.45, 2.75) is 32.0 Å². The quantitative estimate of drug-likeness (QED) is 0.641. The zero-order chi connectivity index (χ0) is 16.3. The highest BCUT2D eigenvalue weighted by atomic mass is 19.4. The Morgan fingerprint density at radius 2 is 2.05 bits per heavy atom. The molecule has 1 aromatic carbocycles. The third kappa shape index (κ3) is 2.14. The van der Waals surface area contributed by atoms with Gasteiger partial charge in [0.25, 0.3) is 5.69 Å². The summed E-state index contributed by atoms with van der Waals surface area (Å²) in [6, 6.07) is 1.82. The van der Waals surface area contributed by atoms with Gasteiger partial charge in [-0.3, -0.25) is 10.1 Å². The van der Waals surface area contributed by atoms with Crippen molar-refractivity contribution in [1.29, 1.82) is 0 Å². The van der Waals surface area contributed by atoms with Gasteiger partial charge in [-0.1, -0.05) is 0 Å². The fraction of sp³-hybridized carbons (Fsp3) is 0.429. The predicted octanol–water partition coefficient (Wildman–Crippen LogP) is 3.90. The summed E-state index contributed by atoms with van der Waals surface area (Å²) in [7, 11) is 0. The molecule has 0 aliphatic carbocycles. The number of ether oxygens (including phenoxy) is 1. The van der Waals surface area contributed by atoms with Crippen LogP contribution in [-0.4, -0.2) is 16.5 Å². The molecule has 1 aliphatic rings. The molecule has 1 aromatic heterocycles. The van der Waals surface area contributed by atoms with Crippen LogP contribution in [0.1, 0.15) is 30.7 Å². The van der Waals surface area contributed by atoms with Crippen LogP contribution in [0.25, 0.3) is 10.9 Å². The van der Waals surface area contributed by atoms with Crippen molar-refractivity contribution in [2.24, 2.45) is 0 Å². The average molecular weight is 314 g/mol. The molecular weight excluding hydrogens is 301 g/mol. The van der Waals surface area contributed by atoms with Crippen molar-refractivity contribution in [2.75, 3.05) is 6.61 Å². The first kappa shape index (κ1) is 14.8. The number of benzene rings is 1. The topological polar surface area (TPSA) is 68.2 Å². The Morgan fingerprint density at radius 1 is 1.36 bits per heavy atom. The fourth-order valence-electron chi connectivity index (χ4n) is 2.92. The molecule has 118 valence electrons. The smallest absolute Gasteiger partial charge is 0.369 e. The molecule has 5 nitrogen and oxygen atoms in total. The van der Waals surface area contributed by atoms with Gasteiger partial charge < -0.3 is 9.72 Å². The van der Waals surface area contributed by atoms with Crippen molar-refractivity contribution in [1.82, 2.24) is 4.98 Å².